The van der Waals surface area contributed by atoms with E-state index in [1.54, 1.807) is 0 Å². The van der Waals surface area contributed by atoms with Crippen LogP contribution in [0.3, 0.4) is 0 Å². The molecule has 1 aliphatic carbocycles. The summed E-state index contributed by atoms with van der Waals surface area (Å²) < 4.78 is 9.50. The van der Waals surface area contributed by atoms with Crippen molar-refractivity contribution in [2.24, 2.45) is 11.7 Å². The molecule has 0 aromatic carbocycles. The fourth-order valence-electron chi connectivity index (χ4n) is 1.10. The van der Waals surface area contributed by atoms with E-state index in [-0.39, 0.29) is 12.1 Å². The Hall–Kier alpha value is -1.10. The van der Waals surface area contributed by atoms with Gasteiger partial charge in [-0.15, -0.1) is 0 Å². The van der Waals surface area contributed by atoms with Crippen molar-refractivity contribution in [3.05, 3.63) is 5.82 Å². The zero-order valence-electron chi connectivity index (χ0n) is 6.86. The Morgan fingerprint density at radius 1 is 1.67 bits per heavy atom. The van der Waals surface area contributed by atoms with Crippen LogP contribution in [0.15, 0.2) is 4.52 Å². The maximum absolute atomic E-state index is 5.83. The van der Waals surface area contributed by atoms with E-state index >= 15 is 0 Å². The van der Waals surface area contributed by atoms with E-state index in [1.165, 1.54) is 7.11 Å². The van der Waals surface area contributed by atoms with Crippen molar-refractivity contribution in [1.29, 1.82) is 0 Å². The van der Waals surface area contributed by atoms with Gasteiger partial charge in [0.2, 0.25) is 0 Å². The van der Waals surface area contributed by atoms with Crippen LogP contribution in [0.25, 0.3) is 0 Å². The van der Waals surface area contributed by atoms with Gasteiger partial charge in [0.1, 0.15) is 0 Å². The van der Waals surface area contributed by atoms with Gasteiger partial charge in [-0.3, -0.25) is 4.52 Å². The molecular weight excluding hydrogens is 158 g/mol. The lowest BCUT2D eigenvalue weighted by atomic mass is 10.2. The first-order valence-electron chi connectivity index (χ1n) is 3.94. The van der Waals surface area contributed by atoms with Gasteiger partial charge in [0.15, 0.2) is 5.82 Å². The quantitative estimate of drug-likeness (QED) is 0.712. The average molecular weight is 169 g/mol. The molecule has 1 atom stereocenters. The van der Waals surface area contributed by atoms with Gasteiger partial charge in [0.05, 0.1) is 13.2 Å². The maximum atomic E-state index is 5.83. The van der Waals surface area contributed by atoms with Crippen molar-refractivity contribution in [3.8, 4) is 6.08 Å². The lowest BCUT2D eigenvalue weighted by Gasteiger charge is -2.01. The molecule has 5 heteroatoms. The normalized spacial score (nSPS) is 19.2. The van der Waals surface area contributed by atoms with Crippen LogP contribution < -0.4 is 10.5 Å². The fraction of sp³-hybridized carbons (Fsp3) is 0.714. The highest BCUT2D eigenvalue weighted by atomic mass is 16.6. The van der Waals surface area contributed by atoms with Gasteiger partial charge < -0.3 is 10.5 Å². The Labute approximate surface area is 69.9 Å². The zero-order chi connectivity index (χ0) is 8.55. The Bertz CT molecular complexity index is 269. The fourth-order valence-corrected chi connectivity index (χ4v) is 1.10. The van der Waals surface area contributed by atoms with Gasteiger partial charge in [-0.25, -0.2) is 0 Å². The minimum atomic E-state index is -0.0855. The van der Waals surface area contributed by atoms with Crippen LogP contribution in [0.4, 0.5) is 0 Å². The molecule has 1 aliphatic rings. The van der Waals surface area contributed by atoms with E-state index in [4.69, 9.17) is 15.0 Å². The summed E-state index contributed by atoms with van der Waals surface area (Å²) in [4.78, 5) is 3.96. The number of aromatic nitrogens is 2. The zero-order valence-corrected chi connectivity index (χ0v) is 6.86. The molecule has 0 radical (unpaired) electrons. The average Bonchev–Trinajstić information content (AvgIpc) is 2.82. The molecule has 1 heterocycles. The first kappa shape index (κ1) is 7.54. The molecule has 1 aromatic heterocycles. The minimum absolute atomic E-state index is 0.0855. The summed E-state index contributed by atoms with van der Waals surface area (Å²) >= 11 is 0. The van der Waals surface area contributed by atoms with Crippen LogP contribution in [0, 0.1) is 5.92 Å². The van der Waals surface area contributed by atoms with Crippen LogP contribution in [0.1, 0.15) is 24.7 Å². The molecule has 1 unspecified atom stereocenters. The Morgan fingerprint density at radius 2 is 2.42 bits per heavy atom. The summed E-state index contributed by atoms with van der Waals surface area (Å²) in [6, 6.07) is -0.0855. The summed E-state index contributed by atoms with van der Waals surface area (Å²) in [5.41, 5.74) is 5.83. The Balaban J connectivity index is 2.10. The summed E-state index contributed by atoms with van der Waals surface area (Å²) in [5.74, 6) is 1.08. The second-order valence-electron chi connectivity index (χ2n) is 2.99. The first-order chi connectivity index (χ1) is 5.81. The highest BCUT2D eigenvalue weighted by Crippen LogP contribution is 2.38. The SMILES string of the molecule is COc1nc(C(N)C2CC2)no1. The molecule has 0 saturated heterocycles. The molecule has 2 N–H and O–H groups in total. The number of rotatable bonds is 3. The molecule has 66 valence electrons. The van der Waals surface area contributed by atoms with Gasteiger partial charge in [0.25, 0.3) is 0 Å². The van der Waals surface area contributed by atoms with Crippen LogP contribution in [-0.4, -0.2) is 17.3 Å². The van der Waals surface area contributed by atoms with Gasteiger partial charge in [-0.2, -0.15) is 4.98 Å². The lowest BCUT2D eigenvalue weighted by molar-refractivity contribution is 0.249. The van der Waals surface area contributed by atoms with E-state index in [0.29, 0.717) is 11.7 Å². The van der Waals surface area contributed by atoms with Crippen molar-refractivity contribution in [2.75, 3.05) is 7.11 Å². The number of methoxy groups -OCH3 is 1. The number of nitrogens with zero attached hydrogens (tertiary/aromatic N) is 2. The third kappa shape index (κ3) is 1.27. The molecule has 5 nitrogen and oxygen atoms in total. The molecular formula is C7H11N3O2. The predicted molar refractivity (Wildman–Crippen MR) is 40.5 cm³/mol. The predicted octanol–water partition coefficient (Wildman–Crippen LogP) is 0.488. The van der Waals surface area contributed by atoms with Gasteiger partial charge in [-0.05, 0) is 18.8 Å². The van der Waals surface area contributed by atoms with Crippen LogP contribution in [0.2, 0.25) is 0 Å². The summed E-state index contributed by atoms with van der Waals surface area (Å²) in [5, 5.41) is 3.71. The van der Waals surface area contributed by atoms with Crippen molar-refractivity contribution >= 4 is 0 Å². The summed E-state index contributed by atoms with van der Waals surface area (Å²) in [6.45, 7) is 0. The summed E-state index contributed by atoms with van der Waals surface area (Å²) in [7, 11) is 1.49. The van der Waals surface area contributed by atoms with Crippen LogP contribution >= 0.6 is 0 Å². The molecule has 2 rings (SSSR count). The smallest absolute Gasteiger partial charge is 0.417 e. The van der Waals surface area contributed by atoms with Crippen molar-refractivity contribution in [3.63, 3.8) is 0 Å². The molecule has 0 aliphatic heterocycles. The van der Waals surface area contributed by atoms with Gasteiger partial charge >= 0.3 is 6.08 Å². The third-order valence-corrected chi connectivity index (χ3v) is 2.03. The van der Waals surface area contributed by atoms with E-state index in [0.717, 1.165) is 12.8 Å². The van der Waals surface area contributed by atoms with E-state index in [2.05, 4.69) is 10.1 Å². The first-order valence-corrected chi connectivity index (χ1v) is 3.94. The van der Waals surface area contributed by atoms with Crippen molar-refractivity contribution in [2.45, 2.75) is 18.9 Å². The molecule has 0 bridgehead atoms. The van der Waals surface area contributed by atoms with E-state index < -0.39 is 0 Å². The number of nitrogens with two attached hydrogens (primary N) is 1. The highest BCUT2D eigenvalue weighted by molar-refractivity contribution is 5.01. The topological polar surface area (TPSA) is 74.2 Å². The molecule has 0 spiro atoms. The summed E-state index contributed by atoms with van der Waals surface area (Å²) in [6.07, 6.45) is 2.51. The molecule has 1 saturated carbocycles. The number of hydrogen-bond donors (Lipinski definition) is 1. The third-order valence-electron chi connectivity index (χ3n) is 2.03. The molecule has 0 amide bonds. The standard InChI is InChI=1S/C7H11N3O2/c1-11-7-9-6(10-12-7)5(8)4-2-3-4/h4-5H,2-3,8H2,1H3. The van der Waals surface area contributed by atoms with Crippen LogP contribution in [0.5, 0.6) is 6.08 Å². The van der Waals surface area contributed by atoms with E-state index in [9.17, 15) is 0 Å². The second-order valence-corrected chi connectivity index (χ2v) is 2.99. The Morgan fingerprint density at radius 3 is 2.92 bits per heavy atom. The number of ether oxygens (including phenoxy) is 1. The van der Waals surface area contributed by atoms with Crippen LogP contribution in [-0.2, 0) is 0 Å². The van der Waals surface area contributed by atoms with E-state index in [1.807, 2.05) is 0 Å². The molecule has 1 aromatic rings. The van der Waals surface area contributed by atoms with Crippen molar-refractivity contribution in [1.82, 2.24) is 10.1 Å². The monoisotopic (exact) mass is 169 g/mol. The largest absolute Gasteiger partial charge is 0.452 e. The minimum Gasteiger partial charge on any atom is -0.452 e. The Kier molecular flexibility index (Phi) is 1.73. The lowest BCUT2D eigenvalue weighted by Crippen LogP contribution is -2.13. The van der Waals surface area contributed by atoms with Crippen molar-refractivity contribution < 1.29 is 9.26 Å². The van der Waals surface area contributed by atoms with Gasteiger partial charge in [0, 0.05) is 0 Å². The highest BCUT2D eigenvalue weighted by Gasteiger charge is 2.32. The molecule has 1 fully saturated rings. The van der Waals surface area contributed by atoms with Gasteiger partial charge in [-0.1, -0.05) is 5.16 Å². The maximum Gasteiger partial charge on any atom is 0.417 e. The molecule has 12 heavy (non-hydrogen) atoms. The second kappa shape index (κ2) is 2.75. The number of hydrogen-bond acceptors (Lipinski definition) is 5.